The summed E-state index contributed by atoms with van der Waals surface area (Å²) < 4.78 is 5.34. The Bertz CT molecular complexity index is 1270. The highest BCUT2D eigenvalue weighted by atomic mass is 16.6. The Morgan fingerprint density at radius 1 is 0.923 bits per heavy atom. The van der Waals surface area contributed by atoms with E-state index in [9.17, 15) is 29.4 Å². The van der Waals surface area contributed by atoms with E-state index in [-0.39, 0.29) is 35.8 Å². The predicted octanol–water partition coefficient (Wildman–Crippen LogP) is 2.87. The summed E-state index contributed by atoms with van der Waals surface area (Å²) in [5.74, 6) is -1.42. The molecule has 1 heterocycles. The Labute approximate surface area is 227 Å². The van der Waals surface area contributed by atoms with Gasteiger partial charge in [-0.05, 0) is 18.1 Å². The van der Waals surface area contributed by atoms with Gasteiger partial charge >= 0.3 is 0 Å². The molecule has 0 aromatic carbocycles. The highest BCUT2D eigenvalue weighted by Crippen LogP contribution is 2.40. The Hall–Kier alpha value is -4.34. The molecule has 0 aromatic heterocycles. The molecule has 1 saturated heterocycles. The van der Waals surface area contributed by atoms with Crippen LogP contribution >= 0.6 is 0 Å². The molecule has 2 aliphatic carbocycles. The second kappa shape index (κ2) is 13.5. The van der Waals surface area contributed by atoms with Gasteiger partial charge in [-0.2, -0.15) is 0 Å². The van der Waals surface area contributed by atoms with Gasteiger partial charge in [-0.3, -0.25) is 19.2 Å². The molecule has 0 spiro atoms. The molecular formula is C30H32N2O7. The van der Waals surface area contributed by atoms with Crippen molar-refractivity contribution in [2.24, 2.45) is 5.92 Å². The number of allylic oxidation sites excluding steroid dienone is 13. The molecular weight excluding hydrogens is 500 g/mol. The van der Waals surface area contributed by atoms with Crippen LogP contribution in [0.4, 0.5) is 0 Å². The molecule has 0 bridgehead atoms. The molecule has 3 aliphatic rings. The van der Waals surface area contributed by atoms with Crippen LogP contribution in [0.15, 0.2) is 108 Å². The van der Waals surface area contributed by atoms with Crippen LogP contribution in [0.25, 0.3) is 0 Å². The molecule has 1 fully saturated rings. The number of carbonyl (C=O) groups is 4. The highest BCUT2D eigenvalue weighted by Gasteiger charge is 2.59. The zero-order valence-corrected chi connectivity index (χ0v) is 21.7. The maximum Gasteiger partial charge on any atom is 0.248 e. The number of hydrogen-bond acceptors (Lipinski definition) is 7. The summed E-state index contributed by atoms with van der Waals surface area (Å²) in [4.78, 5) is 48.1. The quantitative estimate of drug-likeness (QED) is 0.182. The van der Waals surface area contributed by atoms with Crippen molar-refractivity contribution >= 4 is 23.4 Å². The monoisotopic (exact) mass is 532 g/mol. The lowest BCUT2D eigenvalue weighted by Gasteiger charge is -2.23. The van der Waals surface area contributed by atoms with Crippen molar-refractivity contribution in [1.29, 1.82) is 0 Å². The topological polar surface area (TPSA) is 145 Å². The van der Waals surface area contributed by atoms with E-state index in [1.807, 2.05) is 12.2 Å². The van der Waals surface area contributed by atoms with Crippen molar-refractivity contribution in [2.75, 3.05) is 0 Å². The van der Waals surface area contributed by atoms with Crippen molar-refractivity contribution in [1.82, 2.24) is 10.6 Å². The van der Waals surface area contributed by atoms with Crippen LogP contribution in [0.2, 0.25) is 0 Å². The number of ether oxygens (including phenoxy) is 1. The molecule has 4 N–H and O–H groups in total. The summed E-state index contributed by atoms with van der Waals surface area (Å²) in [6.07, 6.45) is 22.6. The zero-order chi connectivity index (χ0) is 28.4. The van der Waals surface area contributed by atoms with E-state index in [4.69, 9.17) is 4.74 Å². The maximum absolute atomic E-state index is 12.4. The lowest BCUT2D eigenvalue weighted by Crippen LogP contribution is -2.42. The summed E-state index contributed by atoms with van der Waals surface area (Å²) >= 11 is 0. The number of epoxide rings is 1. The summed E-state index contributed by atoms with van der Waals surface area (Å²) in [5.41, 5.74) is -1.66. The van der Waals surface area contributed by atoms with Crippen LogP contribution in [0, 0.1) is 5.92 Å². The first kappa shape index (κ1) is 29.2. The Morgan fingerprint density at radius 3 is 2.13 bits per heavy atom. The molecule has 39 heavy (non-hydrogen) atoms. The molecule has 2 unspecified atom stereocenters. The fourth-order valence-electron chi connectivity index (χ4n) is 3.73. The third-order valence-electron chi connectivity index (χ3n) is 5.75. The summed E-state index contributed by atoms with van der Waals surface area (Å²) in [6.45, 7) is 4.11. The average molecular weight is 533 g/mol. The van der Waals surface area contributed by atoms with Gasteiger partial charge < -0.3 is 25.6 Å². The van der Waals surface area contributed by atoms with Gasteiger partial charge in [-0.15, -0.1) is 0 Å². The average Bonchev–Trinajstić information content (AvgIpc) is 3.64. The lowest BCUT2D eigenvalue weighted by atomic mass is 9.88. The van der Waals surface area contributed by atoms with Gasteiger partial charge in [-0.1, -0.05) is 80.7 Å². The second-order valence-corrected chi connectivity index (χ2v) is 9.37. The molecule has 2 amide bonds. The second-order valence-electron chi connectivity index (χ2n) is 9.37. The van der Waals surface area contributed by atoms with Crippen LogP contribution in [0.1, 0.15) is 26.7 Å². The fraction of sp³-hybridized carbons (Fsp3) is 0.267. The van der Waals surface area contributed by atoms with E-state index < -0.39 is 35.4 Å². The van der Waals surface area contributed by atoms with E-state index >= 15 is 0 Å². The molecule has 3 rings (SSSR count). The number of aliphatic hydroxyl groups is 2. The van der Waals surface area contributed by atoms with Gasteiger partial charge in [0.15, 0.2) is 11.9 Å². The number of rotatable bonds is 11. The van der Waals surface area contributed by atoms with Crippen LogP contribution in [0.3, 0.4) is 0 Å². The Kier molecular flexibility index (Phi) is 10.1. The number of Topliss-reactive ketones (excluding diaryl/α,β-unsaturated/α-hetero) is 2. The molecule has 0 radical (unpaired) electrons. The largest absolute Gasteiger partial charge is 0.510 e. The predicted molar refractivity (Wildman–Crippen MR) is 146 cm³/mol. The molecule has 9 nitrogen and oxygen atoms in total. The molecule has 9 heteroatoms. The van der Waals surface area contributed by atoms with E-state index in [1.165, 1.54) is 30.4 Å². The van der Waals surface area contributed by atoms with Crippen molar-refractivity contribution in [2.45, 2.75) is 44.5 Å². The SMILES string of the molecule is CC(C)/C=C/C=C/C=C/C(=O)NC1=C[C@@](O)(/C=C/C=C/C=C/C=C/C(=O)NC2=C(O)CCC2=O)C2OC2C1=O. The molecule has 3 atom stereocenters. The van der Waals surface area contributed by atoms with Crippen LogP contribution in [0.5, 0.6) is 0 Å². The highest BCUT2D eigenvalue weighted by molar-refractivity contribution is 6.06. The van der Waals surface area contributed by atoms with Crippen LogP contribution in [-0.4, -0.2) is 51.4 Å². The number of hydrogen-bond donors (Lipinski definition) is 4. The normalized spacial score (nSPS) is 25.6. The van der Waals surface area contributed by atoms with Crippen molar-refractivity contribution in [3.63, 3.8) is 0 Å². The third kappa shape index (κ3) is 8.59. The van der Waals surface area contributed by atoms with Crippen LogP contribution in [-0.2, 0) is 23.9 Å². The van der Waals surface area contributed by atoms with Crippen LogP contribution < -0.4 is 10.6 Å². The summed E-state index contributed by atoms with van der Waals surface area (Å²) in [7, 11) is 0. The number of fused-ring (bicyclic) bond motifs is 1. The Morgan fingerprint density at radius 2 is 1.51 bits per heavy atom. The smallest absolute Gasteiger partial charge is 0.248 e. The lowest BCUT2D eigenvalue weighted by molar-refractivity contribution is -0.121. The third-order valence-corrected chi connectivity index (χ3v) is 5.75. The van der Waals surface area contributed by atoms with Gasteiger partial charge in [-0.25, -0.2) is 0 Å². The molecule has 1 aliphatic heterocycles. The van der Waals surface area contributed by atoms with Crippen molar-refractivity contribution in [3.8, 4) is 0 Å². The van der Waals surface area contributed by atoms with Gasteiger partial charge in [0.25, 0.3) is 0 Å². The summed E-state index contributed by atoms with van der Waals surface area (Å²) in [6, 6.07) is 0. The number of aliphatic hydroxyl groups excluding tert-OH is 1. The molecule has 204 valence electrons. The van der Waals surface area contributed by atoms with E-state index in [2.05, 4.69) is 24.5 Å². The standard InChI is InChI=1S/C30H32N2O7/c1-20(2)13-9-6-7-11-14-24(35)31-21-19-30(38,29-28(39-29)27(21)37)18-12-8-4-3-5-10-15-25(36)32-26-22(33)16-17-23(26)34/h3-15,18-20,28-29,33,38H,16-17H2,1-2H3,(H,31,35)(H,32,36)/b5-3+,7-6+,8-4+,13-9+,14-11+,15-10+,18-12+/t28?,29?,30-/m0/s1. The zero-order valence-electron chi connectivity index (χ0n) is 21.7. The minimum Gasteiger partial charge on any atom is -0.510 e. The number of carbonyl (C=O) groups excluding carboxylic acids is 4. The minimum atomic E-state index is -1.57. The molecule has 0 aromatic rings. The van der Waals surface area contributed by atoms with Gasteiger partial charge in [0, 0.05) is 25.0 Å². The van der Waals surface area contributed by atoms with Gasteiger partial charge in [0.1, 0.15) is 23.2 Å². The number of ketones is 2. The van der Waals surface area contributed by atoms with Gasteiger partial charge in [0.2, 0.25) is 17.6 Å². The first-order chi connectivity index (χ1) is 18.6. The van der Waals surface area contributed by atoms with Gasteiger partial charge in [0.05, 0.1) is 5.70 Å². The number of amides is 2. The van der Waals surface area contributed by atoms with Crippen molar-refractivity contribution in [3.05, 3.63) is 108 Å². The molecule has 0 saturated carbocycles. The fourth-order valence-corrected chi connectivity index (χ4v) is 3.73. The minimum absolute atomic E-state index is 0.0325. The summed E-state index contributed by atoms with van der Waals surface area (Å²) in [5, 5.41) is 25.4. The Balaban J connectivity index is 1.51. The van der Waals surface area contributed by atoms with E-state index in [0.717, 1.165) is 0 Å². The van der Waals surface area contributed by atoms with Crippen molar-refractivity contribution < 1.29 is 34.1 Å². The number of nitrogens with one attached hydrogen (secondary N) is 2. The first-order valence-corrected chi connectivity index (χ1v) is 12.5. The first-order valence-electron chi connectivity index (χ1n) is 12.5. The van der Waals surface area contributed by atoms with E-state index in [1.54, 1.807) is 48.6 Å². The van der Waals surface area contributed by atoms with E-state index in [0.29, 0.717) is 5.92 Å². The maximum atomic E-state index is 12.4.